The van der Waals surface area contributed by atoms with E-state index in [0.29, 0.717) is 11.1 Å². The minimum atomic E-state index is -0.478. The number of phenols is 1. The zero-order chi connectivity index (χ0) is 11.6. The summed E-state index contributed by atoms with van der Waals surface area (Å²) >= 11 is 0. The van der Waals surface area contributed by atoms with Crippen LogP contribution in [0, 0.1) is 13.8 Å². The van der Waals surface area contributed by atoms with Gasteiger partial charge in [0.25, 0.3) is 0 Å². The van der Waals surface area contributed by atoms with E-state index in [1.54, 1.807) is 13.0 Å². The summed E-state index contributed by atoms with van der Waals surface area (Å²) in [6.07, 6.45) is 1.59. The van der Waals surface area contributed by atoms with E-state index in [4.69, 9.17) is 5.73 Å². The number of phenolic OH excluding ortho intramolecular Hbond substituents is 1. The van der Waals surface area contributed by atoms with Crippen LogP contribution in [-0.4, -0.2) is 11.0 Å². The van der Waals surface area contributed by atoms with Gasteiger partial charge < -0.3 is 10.8 Å². The molecule has 15 heavy (non-hydrogen) atoms. The lowest BCUT2D eigenvalue weighted by molar-refractivity contribution is -0.114. The van der Waals surface area contributed by atoms with Gasteiger partial charge in [-0.15, -0.1) is 0 Å². The van der Waals surface area contributed by atoms with Crippen molar-refractivity contribution >= 4 is 12.0 Å². The highest BCUT2D eigenvalue weighted by Crippen LogP contribution is 2.25. The minimum Gasteiger partial charge on any atom is -0.507 e. The Morgan fingerprint density at radius 3 is 2.53 bits per heavy atom. The van der Waals surface area contributed by atoms with Crippen molar-refractivity contribution < 1.29 is 9.90 Å². The number of carbonyl (C=O) groups is 1. The zero-order valence-corrected chi connectivity index (χ0v) is 9.16. The number of hydrogen-bond acceptors (Lipinski definition) is 2. The van der Waals surface area contributed by atoms with Gasteiger partial charge in [-0.05, 0) is 38.5 Å². The molecule has 0 spiro atoms. The van der Waals surface area contributed by atoms with Gasteiger partial charge in [0.1, 0.15) is 5.75 Å². The summed E-state index contributed by atoms with van der Waals surface area (Å²) in [5.74, 6) is -0.283. The standard InChI is InChI=1S/C12H15NO2/c1-7-4-8(2)11(14)10(5-7)6-9(3)12(13)15/h4-6,14H,1-3H3,(H2,13,15). The smallest absolute Gasteiger partial charge is 0.244 e. The van der Waals surface area contributed by atoms with Crippen LogP contribution in [0.15, 0.2) is 17.7 Å². The van der Waals surface area contributed by atoms with Crippen LogP contribution in [0.1, 0.15) is 23.6 Å². The molecule has 0 heterocycles. The monoisotopic (exact) mass is 205 g/mol. The molecule has 0 saturated carbocycles. The number of carbonyl (C=O) groups excluding carboxylic acids is 1. The van der Waals surface area contributed by atoms with E-state index < -0.39 is 5.91 Å². The van der Waals surface area contributed by atoms with E-state index in [2.05, 4.69) is 0 Å². The molecule has 0 bridgehead atoms. The molecule has 0 radical (unpaired) electrons. The fourth-order valence-electron chi connectivity index (χ4n) is 1.41. The SMILES string of the molecule is CC(=Cc1cc(C)cc(C)c1O)C(N)=O. The molecule has 1 aromatic rings. The van der Waals surface area contributed by atoms with Crippen LogP contribution in [0.2, 0.25) is 0 Å². The summed E-state index contributed by atoms with van der Waals surface area (Å²) < 4.78 is 0. The number of nitrogens with two attached hydrogens (primary N) is 1. The maximum absolute atomic E-state index is 10.9. The molecule has 3 N–H and O–H groups in total. The highest BCUT2D eigenvalue weighted by molar-refractivity contribution is 5.96. The van der Waals surface area contributed by atoms with E-state index in [-0.39, 0.29) is 5.75 Å². The Morgan fingerprint density at radius 2 is 2.00 bits per heavy atom. The number of primary amides is 1. The van der Waals surface area contributed by atoms with E-state index >= 15 is 0 Å². The van der Waals surface area contributed by atoms with Crippen molar-refractivity contribution in [1.82, 2.24) is 0 Å². The fraction of sp³-hybridized carbons (Fsp3) is 0.250. The van der Waals surface area contributed by atoms with Crippen molar-refractivity contribution in [2.24, 2.45) is 5.73 Å². The Bertz CT molecular complexity index is 433. The average molecular weight is 205 g/mol. The molecule has 1 rings (SSSR count). The van der Waals surface area contributed by atoms with Crippen molar-refractivity contribution in [3.8, 4) is 5.75 Å². The van der Waals surface area contributed by atoms with Crippen LogP contribution in [-0.2, 0) is 4.79 Å². The lowest BCUT2D eigenvalue weighted by Crippen LogP contribution is -2.11. The Hall–Kier alpha value is -1.77. The first-order valence-corrected chi connectivity index (χ1v) is 4.70. The van der Waals surface area contributed by atoms with Crippen LogP contribution in [0.3, 0.4) is 0 Å². The van der Waals surface area contributed by atoms with Gasteiger partial charge in [0.2, 0.25) is 5.91 Å². The highest BCUT2D eigenvalue weighted by atomic mass is 16.3. The summed E-state index contributed by atoms with van der Waals surface area (Å²) in [4.78, 5) is 10.9. The molecule has 0 aliphatic carbocycles. The quantitative estimate of drug-likeness (QED) is 0.724. The third-order valence-corrected chi connectivity index (χ3v) is 2.23. The zero-order valence-electron chi connectivity index (χ0n) is 9.16. The summed E-state index contributed by atoms with van der Waals surface area (Å²) in [6.45, 7) is 5.38. The molecule has 1 amide bonds. The third-order valence-electron chi connectivity index (χ3n) is 2.23. The Balaban J connectivity index is 3.26. The number of aryl methyl sites for hydroxylation is 2. The van der Waals surface area contributed by atoms with Crippen molar-refractivity contribution in [3.63, 3.8) is 0 Å². The molecule has 3 heteroatoms. The molecule has 0 fully saturated rings. The van der Waals surface area contributed by atoms with Crippen LogP contribution in [0.25, 0.3) is 6.08 Å². The average Bonchev–Trinajstić information content (AvgIpc) is 2.13. The molecule has 1 aromatic carbocycles. The summed E-state index contributed by atoms with van der Waals surface area (Å²) in [5.41, 5.74) is 8.00. The maximum atomic E-state index is 10.9. The molecule has 0 atom stereocenters. The molecule has 80 valence electrons. The Labute approximate surface area is 89.2 Å². The maximum Gasteiger partial charge on any atom is 0.244 e. The number of benzene rings is 1. The number of amides is 1. The van der Waals surface area contributed by atoms with E-state index in [1.165, 1.54) is 0 Å². The lowest BCUT2D eigenvalue weighted by atomic mass is 10.0. The predicted octanol–water partition coefficient (Wildman–Crippen LogP) is 1.90. The van der Waals surface area contributed by atoms with Crippen LogP contribution < -0.4 is 5.73 Å². The highest BCUT2D eigenvalue weighted by Gasteiger charge is 2.05. The van der Waals surface area contributed by atoms with Gasteiger partial charge >= 0.3 is 0 Å². The second-order valence-corrected chi connectivity index (χ2v) is 3.71. The van der Waals surface area contributed by atoms with Crippen LogP contribution >= 0.6 is 0 Å². The fourth-order valence-corrected chi connectivity index (χ4v) is 1.41. The van der Waals surface area contributed by atoms with Crippen LogP contribution in [0.5, 0.6) is 5.75 Å². The van der Waals surface area contributed by atoms with E-state index in [9.17, 15) is 9.90 Å². The molecule has 0 aliphatic heterocycles. The predicted molar refractivity (Wildman–Crippen MR) is 60.4 cm³/mol. The number of hydrogen-bond donors (Lipinski definition) is 2. The first-order chi connectivity index (χ1) is 6.91. The van der Waals surface area contributed by atoms with Gasteiger partial charge in [-0.25, -0.2) is 0 Å². The molecule has 3 nitrogen and oxygen atoms in total. The van der Waals surface area contributed by atoms with Crippen molar-refractivity contribution in [2.75, 3.05) is 0 Å². The Kier molecular flexibility index (Phi) is 3.14. The van der Waals surface area contributed by atoms with Gasteiger partial charge in [0.05, 0.1) is 0 Å². The lowest BCUT2D eigenvalue weighted by Gasteiger charge is -2.06. The van der Waals surface area contributed by atoms with Gasteiger partial charge in [-0.2, -0.15) is 0 Å². The summed E-state index contributed by atoms with van der Waals surface area (Å²) in [5, 5.41) is 9.76. The van der Waals surface area contributed by atoms with Crippen molar-refractivity contribution in [2.45, 2.75) is 20.8 Å². The van der Waals surface area contributed by atoms with Gasteiger partial charge in [-0.1, -0.05) is 11.6 Å². The minimum absolute atomic E-state index is 0.196. The third kappa shape index (κ3) is 2.59. The summed E-state index contributed by atoms with van der Waals surface area (Å²) in [7, 11) is 0. The van der Waals surface area contributed by atoms with Crippen molar-refractivity contribution in [1.29, 1.82) is 0 Å². The van der Waals surface area contributed by atoms with Crippen molar-refractivity contribution in [3.05, 3.63) is 34.4 Å². The molecular weight excluding hydrogens is 190 g/mol. The molecule has 0 aliphatic rings. The Morgan fingerprint density at radius 1 is 1.40 bits per heavy atom. The molecule has 0 saturated heterocycles. The first kappa shape index (κ1) is 11.3. The van der Waals surface area contributed by atoms with Crippen LogP contribution in [0.4, 0.5) is 0 Å². The van der Waals surface area contributed by atoms with Gasteiger partial charge in [-0.3, -0.25) is 4.79 Å². The summed E-state index contributed by atoms with van der Waals surface area (Å²) in [6, 6.07) is 3.70. The number of aromatic hydroxyl groups is 1. The van der Waals surface area contributed by atoms with E-state index in [1.807, 2.05) is 26.0 Å². The van der Waals surface area contributed by atoms with Gasteiger partial charge in [0.15, 0.2) is 0 Å². The first-order valence-electron chi connectivity index (χ1n) is 4.70. The number of rotatable bonds is 2. The second kappa shape index (κ2) is 4.17. The largest absolute Gasteiger partial charge is 0.507 e. The van der Waals surface area contributed by atoms with E-state index in [0.717, 1.165) is 11.1 Å². The topological polar surface area (TPSA) is 63.3 Å². The normalized spacial score (nSPS) is 11.5. The molecular formula is C12H15NO2. The second-order valence-electron chi connectivity index (χ2n) is 3.71. The van der Waals surface area contributed by atoms with Gasteiger partial charge in [0, 0.05) is 11.1 Å². The molecule has 0 aromatic heterocycles. The molecule has 0 unspecified atom stereocenters.